The van der Waals surface area contributed by atoms with Crippen LogP contribution >= 0.6 is 11.6 Å². The molecule has 0 aliphatic heterocycles. The Morgan fingerprint density at radius 3 is 2.63 bits per heavy atom. The molecule has 0 heterocycles. The fraction of sp³-hybridized carbons (Fsp3) is 0.600. The Balaban J connectivity index is 2.86. The number of rotatable bonds is 9. The largest absolute Gasteiger partial charge is 0.493 e. The molecule has 19 heavy (non-hydrogen) atoms. The van der Waals surface area contributed by atoms with Crippen LogP contribution in [0.25, 0.3) is 0 Å². The Hall–Kier alpha value is -0.930. The summed E-state index contributed by atoms with van der Waals surface area (Å²) in [6.45, 7) is 6.71. The lowest BCUT2D eigenvalue weighted by atomic mass is 10.1. The standard InChI is InChI=1S/C15H24ClNO2/c1-4-6-8-19-15-12(11-17-7-5-2)9-13(16)10-14(15)18-3/h9-10,17H,4-8,11H2,1-3H3. The van der Waals surface area contributed by atoms with Crippen molar-refractivity contribution in [1.29, 1.82) is 0 Å². The van der Waals surface area contributed by atoms with Gasteiger partial charge in [-0.1, -0.05) is 31.9 Å². The molecule has 4 heteroatoms. The maximum atomic E-state index is 6.11. The topological polar surface area (TPSA) is 30.5 Å². The van der Waals surface area contributed by atoms with Crippen LogP contribution in [-0.2, 0) is 6.54 Å². The number of methoxy groups -OCH3 is 1. The van der Waals surface area contributed by atoms with Gasteiger partial charge in [0.2, 0.25) is 0 Å². The van der Waals surface area contributed by atoms with E-state index in [0.29, 0.717) is 17.4 Å². The van der Waals surface area contributed by atoms with Crippen LogP contribution in [0.2, 0.25) is 5.02 Å². The van der Waals surface area contributed by atoms with E-state index in [1.165, 1.54) is 0 Å². The molecule has 0 unspecified atom stereocenters. The summed E-state index contributed by atoms with van der Waals surface area (Å²) >= 11 is 6.11. The van der Waals surface area contributed by atoms with Crippen molar-refractivity contribution in [2.75, 3.05) is 20.3 Å². The highest BCUT2D eigenvalue weighted by molar-refractivity contribution is 6.30. The molecule has 0 aromatic heterocycles. The van der Waals surface area contributed by atoms with E-state index in [-0.39, 0.29) is 0 Å². The fourth-order valence-corrected chi connectivity index (χ4v) is 2.02. The molecule has 0 amide bonds. The first kappa shape index (κ1) is 16.1. The summed E-state index contributed by atoms with van der Waals surface area (Å²) in [5, 5.41) is 4.04. The molecule has 0 radical (unpaired) electrons. The number of hydrogen-bond acceptors (Lipinski definition) is 3. The lowest BCUT2D eigenvalue weighted by molar-refractivity contribution is 0.284. The zero-order chi connectivity index (χ0) is 14.1. The van der Waals surface area contributed by atoms with Gasteiger partial charge in [0.1, 0.15) is 0 Å². The van der Waals surface area contributed by atoms with E-state index in [0.717, 1.165) is 43.7 Å². The van der Waals surface area contributed by atoms with Gasteiger partial charge in [0.25, 0.3) is 0 Å². The number of nitrogens with one attached hydrogen (secondary N) is 1. The van der Waals surface area contributed by atoms with E-state index >= 15 is 0 Å². The second kappa shape index (κ2) is 9.05. The van der Waals surface area contributed by atoms with Crippen LogP contribution in [0.3, 0.4) is 0 Å². The summed E-state index contributed by atoms with van der Waals surface area (Å²) in [7, 11) is 1.64. The van der Waals surface area contributed by atoms with Crippen molar-refractivity contribution in [3.05, 3.63) is 22.7 Å². The van der Waals surface area contributed by atoms with E-state index in [4.69, 9.17) is 21.1 Å². The Bertz CT molecular complexity index is 383. The number of benzene rings is 1. The first-order valence-electron chi connectivity index (χ1n) is 6.92. The molecule has 0 aliphatic carbocycles. The van der Waals surface area contributed by atoms with E-state index in [9.17, 15) is 0 Å². The van der Waals surface area contributed by atoms with Gasteiger partial charge < -0.3 is 14.8 Å². The van der Waals surface area contributed by atoms with Gasteiger partial charge in [-0.25, -0.2) is 0 Å². The summed E-state index contributed by atoms with van der Waals surface area (Å²) in [4.78, 5) is 0. The Kier molecular flexibility index (Phi) is 7.68. The van der Waals surface area contributed by atoms with Crippen LogP contribution in [0.5, 0.6) is 11.5 Å². The quantitative estimate of drug-likeness (QED) is 0.695. The Labute approximate surface area is 121 Å². The predicted octanol–water partition coefficient (Wildman–Crippen LogP) is 4.03. The van der Waals surface area contributed by atoms with Crippen molar-refractivity contribution >= 4 is 11.6 Å². The molecule has 1 N–H and O–H groups in total. The lowest BCUT2D eigenvalue weighted by Crippen LogP contribution is -2.15. The summed E-state index contributed by atoms with van der Waals surface area (Å²) in [5.41, 5.74) is 1.05. The second-order valence-corrected chi connectivity index (χ2v) is 4.91. The molecule has 1 aromatic rings. The van der Waals surface area contributed by atoms with Crippen LogP contribution in [-0.4, -0.2) is 20.3 Å². The van der Waals surface area contributed by atoms with Crippen LogP contribution in [0.1, 0.15) is 38.7 Å². The predicted molar refractivity (Wildman–Crippen MR) is 80.4 cm³/mol. The summed E-state index contributed by atoms with van der Waals surface area (Å²) < 4.78 is 11.2. The molecule has 0 spiro atoms. The molecule has 0 bridgehead atoms. The van der Waals surface area contributed by atoms with Gasteiger partial charge in [-0.15, -0.1) is 0 Å². The number of halogens is 1. The highest BCUT2D eigenvalue weighted by Crippen LogP contribution is 2.34. The van der Waals surface area contributed by atoms with Gasteiger partial charge in [-0.2, -0.15) is 0 Å². The van der Waals surface area contributed by atoms with Crippen molar-refractivity contribution in [2.45, 2.75) is 39.7 Å². The zero-order valence-corrected chi connectivity index (χ0v) is 12.8. The SMILES string of the molecule is CCCCOc1c(CNCCC)cc(Cl)cc1OC. The van der Waals surface area contributed by atoms with Gasteiger partial charge >= 0.3 is 0 Å². The molecule has 3 nitrogen and oxygen atoms in total. The first-order chi connectivity index (χ1) is 9.22. The van der Waals surface area contributed by atoms with Gasteiger partial charge in [0, 0.05) is 23.2 Å². The maximum absolute atomic E-state index is 6.11. The molecule has 0 atom stereocenters. The van der Waals surface area contributed by atoms with Crippen molar-refractivity contribution in [3.8, 4) is 11.5 Å². The third kappa shape index (κ3) is 5.29. The molecule has 0 fully saturated rings. The molecule has 0 saturated carbocycles. The Morgan fingerprint density at radius 2 is 2.00 bits per heavy atom. The van der Waals surface area contributed by atoms with Crippen molar-refractivity contribution < 1.29 is 9.47 Å². The summed E-state index contributed by atoms with van der Waals surface area (Å²) in [6, 6.07) is 3.74. The molecule has 0 saturated heterocycles. The van der Waals surface area contributed by atoms with E-state index in [1.54, 1.807) is 13.2 Å². The molecule has 108 valence electrons. The average Bonchev–Trinajstić information content (AvgIpc) is 2.41. The highest BCUT2D eigenvalue weighted by Gasteiger charge is 2.12. The normalized spacial score (nSPS) is 10.5. The average molecular weight is 286 g/mol. The van der Waals surface area contributed by atoms with E-state index in [2.05, 4.69) is 19.2 Å². The number of hydrogen-bond donors (Lipinski definition) is 1. The van der Waals surface area contributed by atoms with Crippen molar-refractivity contribution in [1.82, 2.24) is 5.32 Å². The molecule has 0 aliphatic rings. The first-order valence-corrected chi connectivity index (χ1v) is 7.30. The third-order valence-corrected chi connectivity index (χ3v) is 3.02. The summed E-state index contributed by atoms with van der Waals surface area (Å²) in [5.74, 6) is 1.51. The summed E-state index contributed by atoms with van der Waals surface area (Å²) in [6.07, 6.45) is 3.25. The minimum absolute atomic E-state index is 0.674. The number of unbranched alkanes of at least 4 members (excludes halogenated alkanes) is 1. The molecular formula is C15H24ClNO2. The minimum atomic E-state index is 0.674. The Morgan fingerprint density at radius 1 is 1.21 bits per heavy atom. The van der Waals surface area contributed by atoms with E-state index < -0.39 is 0 Å². The maximum Gasteiger partial charge on any atom is 0.165 e. The second-order valence-electron chi connectivity index (χ2n) is 4.48. The van der Waals surface area contributed by atoms with E-state index in [1.807, 2.05) is 6.07 Å². The van der Waals surface area contributed by atoms with Crippen LogP contribution in [0, 0.1) is 0 Å². The number of ether oxygens (including phenoxy) is 2. The molecular weight excluding hydrogens is 262 g/mol. The molecule has 1 rings (SSSR count). The van der Waals surface area contributed by atoms with Crippen molar-refractivity contribution in [2.24, 2.45) is 0 Å². The highest BCUT2D eigenvalue weighted by atomic mass is 35.5. The zero-order valence-electron chi connectivity index (χ0n) is 12.1. The van der Waals surface area contributed by atoms with Crippen LogP contribution in [0.15, 0.2) is 12.1 Å². The van der Waals surface area contributed by atoms with Gasteiger partial charge in [-0.05, 0) is 25.5 Å². The van der Waals surface area contributed by atoms with Crippen molar-refractivity contribution in [3.63, 3.8) is 0 Å². The van der Waals surface area contributed by atoms with Crippen LogP contribution in [0.4, 0.5) is 0 Å². The van der Waals surface area contributed by atoms with Crippen LogP contribution < -0.4 is 14.8 Å². The molecule has 1 aromatic carbocycles. The monoisotopic (exact) mass is 285 g/mol. The smallest absolute Gasteiger partial charge is 0.165 e. The lowest BCUT2D eigenvalue weighted by Gasteiger charge is -2.16. The van der Waals surface area contributed by atoms with Gasteiger partial charge in [0.05, 0.1) is 13.7 Å². The minimum Gasteiger partial charge on any atom is -0.493 e. The fourth-order valence-electron chi connectivity index (χ4n) is 1.79. The van der Waals surface area contributed by atoms with Gasteiger partial charge in [-0.3, -0.25) is 0 Å². The van der Waals surface area contributed by atoms with Gasteiger partial charge in [0.15, 0.2) is 11.5 Å². The third-order valence-electron chi connectivity index (χ3n) is 2.80.